The molecule has 19 heavy (non-hydrogen) atoms. The Morgan fingerprint density at radius 3 is 2.16 bits per heavy atom. The number of aliphatic hydroxyl groups is 1. The van der Waals surface area contributed by atoms with Crippen LogP contribution in [0, 0.1) is 0 Å². The molecule has 1 aliphatic heterocycles. The van der Waals surface area contributed by atoms with Gasteiger partial charge in [0.25, 0.3) is 0 Å². The van der Waals surface area contributed by atoms with Crippen LogP contribution in [0.15, 0.2) is 30.3 Å². The predicted molar refractivity (Wildman–Crippen MR) is 76.5 cm³/mol. The molecule has 1 aliphatic rings. The van der Waals surface area contributed by atoms with Crippen LogP contribution in [0.3, 0.4) is 0 Å². The molecule has 0 saturated carbocycles. The van der Waals surface area contributed by atoms with E-state index in [0.29, 0.717) is 6.61 Å². The molecule has 2 rings (SSSR count). The average molecular weight is 263 g/mol. The van der Waals surface area contributed by atoms with Gasteiger partial charge in [-0.05, 0) is 46.1 Å². The van der Waals surface area contributed by atoms with Crippen molar-refractivity contribution in [2.75, 3.05) is 0 Å². The Labute approximate surface area is 116 Å². The molecule has 0 radical (unpaired) electrons. The largest absolute Gasteiger partial charge is 0.393 e. The fourth-order valence-electron chi connectivity index (χ4n) is 3.27. The first-order valence-corrected chi connectivity index (χ1v) is 6.96. The Morgan fingerprint density at radius 2 is 1.63 bits per heavy atom. The molecule has 1 saturated heterocycles. The summed E-state index contributed by atoms with van der Waals surface area (Å²) < 4.78 is 0. The lowest BCUT2D eigenvalue weighted by Gasteiger charge is -2.52. The van der Waals surface area contributed by atoms with Crippen LogP contribution in [0.4, 0.5) is 0 Å². The van der Waals surface area contributed by atoms with Gasteiger partial charge in [-0.1, -0.05) is 30.3 Å². The molecule has 0 bridgehead atoms. The van der Waals surface area contributed by atoms with E-state index in [9.17, 15) is 5.11 Å². The third kappa shape index (κ3) is 3.35. The highest BCUT2D eigenvalue weighted by Gasteiger charge is 2.46. The van der Waals surface area contributed by atoms with Gasteiger partial charge in [-0.15, -0.1) is 0 Å². The summed E-state index contributed by atoms with van der Waals surface area (Å²) in [6.45, 7) is 9.08. The first-order chi connectivity index (χ1) is 8.81. The Bertz CT molecular complexity index is 396. The quantitative estimate of drug-likeness (QED) is 0.909. The van der Waals surface area contributed by atoms with Crippen molar-refractivity contribution in [1.82, 2.24) is 5.06 Å². The molecule has 0 atom stereocenters. The molecule has 3 heteroatoms. The van der Waals surface area contributed by atoms with Gasteiger partial charge in [0.2, 0.25) is 0 Å². The highest BCUT2D eigenvalue weighted by atomic mass is 16.7. The lowest BCUT2D eigenvalue weighted by Crippen LogP contribution is -2.61. The van der Waals surface area contributed by atoms with Crippen LogP contribution in [-0.4, -0.2) is 27.4 Å². The second-order valence-corrected chi connectivity index (χ2v) is 6.74. The summed E-state index contributed by atoms with van der Waals surface area (Å²) in [5.41, 5.74) is 0.853. The zero-order chi connectivity index (χ0) is 14.1. The molecule has 0 unspecified atom stereocenters. The van der Waals surface area contributed by atoms with E-state index in [-0.39, 0.29) is 17.2 Å². The molecule has 1 fully saturated rings. The standard InChI is InChI=1S/C16H25NO2/c1-15(2)10-14(18)11-16(3,4)17(15)19-12-13-8-6-5-7-9-13/h5-9,14,18H,10-12H2,1-4H3. The number of benzene rings is 1. The third-order valence-corrected chi connectivity index (χ3v) is 3.77. The molecule has 0 amide bonds. The Balaban J connectivity index is 2.08. The fourth-order valence-corrected chi connectivity index (χ4v) is 3.27. The number of nitrogens with zero attached hydrogens (tertiary/aromatic N) is 1. The van der Waals surface area contributed by atoms with E-state index in [1.54, 1.807) is 0 Å². The summed E-state index contributed by atoms with van der Waals surface area (Å²) >= 11 is 0. The van der Waals surface area contributed by atoms with Crippen molar-refractivity contribution in [2.24, 2.45) is 0 Å². The minimum atomic E-state index is -0.249. The lowest BCUT2D eigenvalue weighted by molar-refractivity contribution is -0.298. The fraction of sp³-hybridized carbons (Fsp3) is 0.625. The summed E-state index contributed by atoms with van der Waals surface area (Å²) in [5.74, 6) is 0. The summed E-state index contributed by atoms with van der Waals surface area (Å²) in [6.07, 6.45) is 1.23. The maximum Gasteiger partial charge on any atom is 0.0936 e. The van der Waals surface area contributed by atoms with Gasteiger partial charge in [0.15, 0.2) is 0 Å². The smallest absolute Gasteiger partial charge is 0.0936 e. The molecule has 3 nitrogen and oxygen atoms in total. The Morgan fingerprint density at radius 1 is 1.11 bits per heavy atom. The zero-order valence-electron chi connectivity index (χ0n) is 12.4. The van der Waals surface area contributed by atoms with Gasteiger partial charge >= 0.3 is 0 Å². The summed E-state index contributed by atoms with van der Waals surface area (Å²) in [7, 11) is 0. The van der Waals surface area contributed by atoms with Gasteiger partial charge in [0.05, 0.1) is 12.7 Å². The topological polar surface area (TPSA) is 32.7 Å². The molecule has 1 aromatic carbocycles. The van der Waals surface area contributed by atoms with E-state index < -0.39 is 0 Å². The van der Waals surface area contributed by atoms with Crippen molar-refractivity contribution in [1.29, 1.82) is 0 Å². The van der Waals surface area contributed by atoms with Crippen LogP contribution in [0.1, 0.15) is 46.1 Å². The molecular weight excluding hydrogens is 238 g/mol. The highest BCUT2D eigenvalue weighted by Crippen LogP contribution is 2.38. The SMILES string of the molecule is CC1(C)CC(O)CC(C)(C)N1OCc1ccccc1. The van der Waals surface area contributed by atoms with Gasteiger partial charge in [-0.2, -0.15) is 5.06 Å². The monoisotopic (exact) mass is 263 g/mol. The number of rotatable bonds is 3. The molecule has 0 aliphatic carbocycles. The zero-order valence-corrected chi connectivity index (χ0v) is 12.4. The molecule has 106 valence electrons. The molecule has 0 spiro atoms. The number of hydroxylamine groups is 2. The van der Waals surface area contributed by atoms with Crippen molar-refractivity contribution >= 4 is 0 Å². The van der Waals surface area contributed by atoms with Gasteiger partial charge in [0, 0.05) is 11.1 Å². The molecule has 1 N–H and O–H groups in total. The van der Waals surface area contributed by atoms with E-state index in [1.807, 2.05) is 18.2 Å². The lowest BCUT2D eigenvalue weighted by atomic mass is 9.80. The second kappa shape index (κ2) is 5.23. The minimum absolute atomic E-state index is 0.157. The maximum atomic E-state index is 10.0. The maximum absolute atomic E-state index is 10.0. The molecular formula is C16H25NO2. The van der Waals surface area contributed by atoms with E-state index in [1.165, 1.54) is 5.56 Å². The van der Waals surface area contributed by atoms with Crippen LogP contribution in [-0.2, 0) is 11.4 Å². The van der Waals surface area contributed by atoms with Crippen LogP contribution in [0.5, 0.6) is 0 Å². The van der Waals surface area contributed by atoms with Crippen LogP contribution >= 0.6 is 0 Å². The van der Waals surface area contributed by atoms with E-state index in [2.05, 4.69) is 44.9 Å². The van der Waals surface area contributed by atoms with Crippen molar-refractivity contribution in [3.8, 4) is 0 Å². The van der Waals surface area contributed by atoms with Crippen LogP contribution < -0.4 is 0 Å². The molecule has 1 heterocycles. The first kappa shape index (κ1) is 14.5. The number of aliphatic hydroxyl groups excluding tert-OH is 1. The van der Waals surface area contributed by atoms with Crippen molar-refractivity contribution < 1.29 is 9.94 Å². The van der Waals surface area contributed by atoms with Gasteiger partial charge in [0.1, 0.15) is 0 Å². The number of hydrogen-bond acceptors (Lipinski definition) is 3. The van der Waals surface area contributed by atoms with Crippen molar-refractivity contribution in [2.45, 2.75) is 64.3 Å². The summed E-state index contributed by atoms with van der Waals surface area (Å²) in [6, 6.07) is 10.2. The van der Waals surface area contributed by atoms with Crippen molar-refractivity contribution in [3.63, 3.8) is 0 Å². The van der Waals surface area contributed by atoms with E-state index in [4.69, 9.17) is 4.84 Å². The van der Waals surface area contributed by atoms with Gasteiger partial charge in [-0.3, -0.25) is 4.84 Å². The normalized spacial score (nSPS) is 23.4. The summed E-state index contributed by atoms with van der Waals surface area (Å²) in [4.78, 5) is 6.07. The number of piperidine rings is 1. The van der Waals surface area contributed by atoms with Gasteiger partial charge in [-0.25, -0.2) is 0 Å². The van der Waals surface area contributed by atoms with E-state index in [0.717, 1.165) is 12.8 Å². The van der Waals surface area contributed by atoms with Gasteiger partial charge < -0.3 is 5.11 Å². The number of hydrogen-bond donors (Lipinski definition) is 1. The highest BCUT2D eigenvalue weighted by molar-refractivity contribution is 5.13. The second-order valence-electron chi connectivity index (χ2n) is 6.74. The Kier molecular flexibility index (Phi) is 4.00. The predicted octanol–water partition coefficient (Wildman–Crippen LogP) is 3.13. The minimum Gasteiger partial charge on any atom is -0.393 e. The Hall–Kier alpha value is -0.900. The van der Waals surface area contributed by atoms with Crippen LogP contribution in [0.2, 0.25) is 0 Å². The average Bonchev–Trinajstić information content (AvgIpc) is 2.26. The third-order valence-electron chi connectivity index (χ3n) is 3.77. The molecule has 0 aromatic heterocycles. The first-order valence-electron chi connectivity index (χ1n) is 6.96. The van der Waals surface area contributed by atoms with Crippen molar-refractivity contribution in [3.05, 3.63) is 35.9 Å². The summed E-state index contributed by atoms with van der Waals surface area (Å²) in [5, 5.41) is 12.1. The van der Waals surface area contributed by atoms with E-state index >= 15 is 0 Å². The van der Waals surface area contributed by atoms with Crippen LogP contribution in [0.25, 0.3) is 0 Å². The molecule has 1 aromatic rings.